The van der Waals surface area contributed by atoms with Gasteiger partial charge in [-0.05, 0) is 25.6 Å². The van der Waals surface area contributed by atoms with E-state index in [-0.39, 0.29) is 23.2 Å². The Kier molecular flexibility index (Phi) is 6.24. The molecule has 1 aromatic heterocycles. The fourth-order valence-electron chi connectivity index (χ4n) is 2.09. The summed E-state index contributed by atoms with van der Waals surface area (Å²) in [5.41, 5.74) is 1.03. The van der Waals surface area contributed by atoms with Crippen molar-refractivity contribution in [3.63, 3.8) is 0 Å². The van der Waals surface area contributed by atoms with Crippen LogP contribution in [-0.2, 0) is 17.8 Å². The Bertz CT molecular complexity index is 750. The van der Waals surface area contributed by atoms with Crippen molar-refractivity contribution in [3.05, 3.63) is 49.4 Å². The first-order chi connectivity index (χ1) is 11.4. The van der Waals surface area contributed by atoms with Gasteiger partial charge in [0.1, 0.15) is 5.02 Å². The van der Waals surface area contributed by atoms with Gasteiger partial charge in [0.25, 0.3) is 5.69 Å². The van der Waals surface area contributed by atoms with Gasteiger partial charge in [-0.15, -0.1) is 11.3 Å². The van der Waals surface area contributed by atoms with Crippen LogP contribution in [0.1, 0.15) is 17.6 Å². The van der Waals surface area contributed by atoms with Gasteiger partial charge in [-0.2, -0.15) is 0 Å². The molecular formula is C15H17ClN4O3S. The van der Waals surface area contributed by atoms with Gasteiger partial charge < -0.3 is 5.32 Å². The lowest BCUT2D eigenvalue weighted by molar-refractivity contribution is -0.384. The first-order valence-electron chi connectivity index (χ1n) is 7.24. The molecule has 9 heteroatoms. The Labute approximate surface area is 148 Å². The number of nitro groups is 1. The first kappa shape index (κ1) is 18.3. The number of thiazole rings is 1. The maximum absolute atomic E-state index is 12.1. The molecule has 1 N–H and O–H groups in total. The van der Waals surface area contributed by atoms with E-state index in [4.69, 9.17) is 11.6 Å². The van der Waals surface area contributed by atoms with Gasteiger partial charge in [-0.3, -0.25) is 19.8 Å². The molecular weight excluding hydrogens is 352 g/mol. The van der Waals surface area contributed by atoms with Gasteiger partial charge in [-0.25, -0.2) is 4.98 Å². The number of aryl methyl sites for hydroxylation is 1. The third kappa shape index (κ3) is 4.98. The lowest BCUT2D eigenvalue weighted by atomic mass is 10.2. The number of amides is 1. The molecule has 0 atom stereocenters. The normalized spacial score (nSPS) is 10.8. The molecule has 0 saturated heterocycles. The van der Waals surface area contributed by atoms with Gasteiger partial charge in [0.2, 0.25) is 5.91 Å². The van der Waals surface area contributed by atoms with Crippen LogP contribution in [0.2, 0.25) is 5.02 Å². The van der Waals surface area contributed by atoms with Gasteiger partial charge in [-0.1, -0.05) is 18.5 Å². The van der Waals surface area contributed by atoms with Crippen molar-refractivity contribution >= 4 is 40.2 Å². The Morgan fingerprint density at radius 2 is 2.25 bits per heavy atom. The van der Waals surface area contributed by atoms with Crippen molar-refractivity contribution < 1.29 is 9.72 Å². The van der Waals surface area contributed by atoms with E-state index < -0.39 is 4.92 Å². The molecule has 2 rings (SSSR count). The molecule has 0 fully saturated rings. The predicted molar refractivity (Wildman–Crippen MR) is 94.6 cm³/mol. The van der Waals surface area contributed by atoms with E-state index in [0.717, 1.165) is 17.1 Å². The second-order valence-corrected chi connectivity index (χ2v) is 6.58. The Balaban J connectivity index is 1.92. The summed E-state index contributed by atoms with van der Waals surface area (Å²) in [5, 5.41) is 16.6. The highest BCUT2D eigenvalue weighted by Crippen LogP contribution is 2.27. The van der Waals surface area contributed by atoms with E-state index in [1.807, 2.05) is 24.3 Å². The second-order valence-electron chi connectivity index (χ2n) is 5.23. The smallest absolute Gasteiger partial charge is 0.289 e. The first-order valence-corrected chi connectivity index (χ1v) is 8.50. The highest BCUT2D eigenvalue weighted by Gasteiger charge is 2.15. The molecule has 1 aromatic carbocycles. The molecule has 0 aliphatic heterocycles. The monoisotopic (exact) mass is 368 g/mol. The fraction of sp³-hybridized carbons (Fsp3) is 0.333. The third-order valence-corrected chi connectivity index (χ3v) is 4.54. The van der Waals surface area contributed by atoms with Crippen LogP contribution in [0.3, 0.4) is 0 Å². The van der Waals surface area contributed by atoms with E-state index >= 15 is 0 Å². The van der Waals surface area contributed by atoms with Crippen LogP contribution in [0, 0.1) is 10.1 Å². The number of hydrogen-bond acceptors (Lipinski definition) is 6. The maximum atomic E-state index is 12.1. The summed E-state index contributed by atoms with van der Waals surface area (Å²) in [4.78, 5) is 28.6. The SMILES string of the molecule is CCc1nc(CN(C)CC(=O)Nc2ccc(Cl)c([N+](=O)[O-])c2)cs1. The van der Waals surface area contributed by atoms with E-state index in [0.29, 0.717) is 12.2 Å². The number of nitrogens with one attached hydrogen (secondary N) is 1. The Hall–Kier alpha value is -2.03. The third-order valence-electron chi connectivity index (χ3n) is 3.17. The van der Waals surface area contributed by atoms with Crippen LogP contribution < -0.4 is 5.32 Å². The zero-order chi connectivity index (χ0) is 17.7. The molecule has 1 amide bonds. The minimum absolute atomic E-state index is 0.0328. The molecule has 7 nitrogen and oxygen atoms in total. The van der Waals surface area contributed by atoms with Gasteiger partial charge in [0, 0.05) is 23.7 Å². The van der Waals surface area contributed by atoms with E-state index in [9.17, 15) is 14.9 Å². The predicted octanol–water partition coefficient (Wildman–Crippen LogP) is 3.34. The van der Waals surface area contributed by atoms with E-state index in [1.165, 1.54) is 18.2 Å². The Morgan fingerprint density at radius 3 is 2.88 bits per heavy atom. The van der Waals surface area contributed by atoms with Gasteiger partial charge in [0.15, 0.2) is 0 Å². The zero-order valence-electron chi connectivity index (χ0n) is 13.3. The summed E-state index contributed by atoms with van der Waals surface area (Å²) in [5.74, 6) is -0.264. The van der Waals surface area contributed by atoms with Crippen LogP contribution in [0.5, 0.6) is 0 Å². The van der Waals surface area contributed by atoms with E-state index in [2.05, 4.69) is 10.3 Å². The number of anilines is 1. The highest BCUT2D eigenvalue weighted by molar-refractivity contribution is 7.09. The number of carbonyl (C=O) groups is 1. The fourth-order valence-corrected chi connectivity index (χ4v) is 3.01. The highest BCUT2D eigenvalue weighted by atomic mass is 35.5. The number of aromatic nitrogens is 1. The number of rotatable bonds is 7. The molecule has 0 bridgehead atoms. The largest absolute Gasteiger partial charge is 0.325 e. The van der Waals surface area contributed by atoms with Gasteiger partial charge in [0.05, 0.1) is 22.2 Å². The second kappa shape index (κ2) is 8.18. The van der Waals surface area contributed by atoms with Crippen molar-refractivity contribution in [1.82, 2.24) is 9.88 Å². The molecule has 2 aromatic rings. The number of likely N-dealkylation sites (N-methyl/N-ethyl adjacent to an activating group) is 1. The molecule has 0 unspecified atom stereocenters. The summed E-state index contributed by atoms with van der Waals surface area (Å²) in [6, 6.07) is 4.16. The summed E-state index contributed by atoms with van der Waals surface area (Å²) in [7, 11) is 1.81. The summed E-state index contributed by atoms with van der Waals surface area (Å²) < 4.78 is 0. The van der Waals surface area contributed by atoms with Gasteiger partial charge >= 0.3 is 0 Å². The Morgan fingerprint density at radius 1 is 1.50 bits per heavy atom. The van der Waals surface area contributed by atoms with Crippen molar-refractivity contribution in [1.29, 1.82) is 0 Å². The van der Waals surface area contributed by atoms with Crippen molar-refractivity contribution in [2.75, 3.05) is 18.9 Å². The molecule has 128 valence electrons. The number of nitrogens with zero attached hydrogens (tertiary/aromatic N) is 3. The molecule has 0 aliphatic rings. The average molecular weight is 369 g/mol. The molecule has 0 spiro atoms. The molecule has 0 saturated carbocycles. The van der Waals surface area contributed by atoms with Crippen LogP contribution in [0.25, 0.3) is 0 Å². The molecule has 24 heavy (non-hydrogen) atoms. The lowest BCUT2D eigenvalue weighted by Gasteiger charge is -2.15. The quantitative estimate of drug-likeness (QED) is 0.598. The van der Waals surface area contributed by atoms with Crippen molar-refractivity contribution in [3.8, 4) is 0 Å². The summed E-state index contributed by atoms with van der Waals surface area (Å²) in [6.07, 6.45) is 0.893. The summed E-state index contributed by atoms with van der Waals surface area (Å²) >= 11 is 7.35. The van der Waals surface area contributed by atoms with Crippen molar-refractivity contribution in [2.24, 2.45) is 0 Å². The van der Waals surface area contributed by atoms with E-state index in [1.54, 1.807) is 11.3 Å². The number of nitro benzene ring substituents is 1. The van der Waals surface area contributed by atoms with Crippen LogP contribution in [0.4, 0.5) is 11.4 Å². The molecule has 0 aliphatic carbocycles. The minimum atomic E-state index is -0.586. The standard InChI is InChI=1S/C15H17ClN4O3S/c1-3-15-18-11(9-24-15)7-19(2)8-14(21)17-10-4-5-12(16)13(6-10)20(22)23/h4-6,9H,3,7-8H2,1-2H3,(H,17,21). The average Bonchev–Trinajstić information content (AvgIpc) is 2.96. The summed E-state index contributed by atoms with van der Waals surface area (Å²) in [6.45, 7) is 2.76. The van der Waals surface area contributed by atoms with Crippen LogP contribution in [-0.4, -0.2) is 34.3 Å². The number of carbonyl (C=O) groups excluding carboxylic acids is 1. The number of benzene rings is 1. The molecule has 1 heterocycles. The number of hydrogen-bond donors (Lipinski definition) is 1. The van der Waals surface area contributed by atoms with Crippen LogP contribution in [0.15, 0.2) is 23.6 Å². The van der Waals surface area contributed by atoms with Crippen molar-refractivity contribution in [2.45, 2.75) is 19.9 Å². The maximum Gasteiger partial charge on any atom is 0.289 e. The lowest BCUT2D eigenvalue weighted by Crippen LogP contribution is -2.30. The zero-order valence-corrected chi connectivity index (χ0v) is 14.9. The minimum Gasteiger partial charge on any atom is -0.325 e. The topological polar surface area (TPSA) is 88.4 Å². The number of halogens is 1. The van der Waals surface area contributed by atoms with Crippen LogP contribution >= 0.6 is 22.9 Å². The molecule has 0 radical (unpaired) electrons.